The Hall–Kier alpha value is -3.03. The van der Waals surface area contributed by atoms with E-state index in [4.69, 9.17) is 9.47 Å². The quantitative estimate of drug-likeness (QED) is 0.674. The van der Waals surface area contributed by atoms with Gasteiger partial charge in [-0.1, -0.05) is 0 Å². The van der Waals surface area contributed by atoms with E-state index >= 15 is 0 Å². The summed E-state index contributed by atoms with van der Waals surface area (Å²) >= 11 is 0. The molecular formula is C20H27N5O3. The molecule has 1 aliphatic rings. The highest BCUT2D eigenvalue weighted by molar-refractivity contribution is 5.95. The summed E-state index contributed by atoms with van der Waals surface area (Å²) in [7, 11) is 3.11. The second kappa shape index (κ2) is 9.25. The lowest BCUT2D eigenvalue weighted by Crippen LogP contribution is -2.29. The van der Waals surface area contributed by atoms with Gasteiger partial charge >= 0.3 is 0 Å². The monoisotopic (exact) mass is 385 g/mol. The van der Waals surface area contributed by atoms with Crippen LogP contribution in [-0.2, 0) is 0 Å². The number of rotatable bonds is 8. The second-order valence-corrected chi connectivity index (χ2v) is 6.67. The maximum Gasteiger partial charge on any atom is 0.251 e. The molecule has 0 atom stereocenters. The minimum absolute atomic E-state index is 0.193. The lowest BCUT2D eigenvalue weighted by molar-refractivity contribution is 0.0954. The third kappa shape index (κ3) is 5.03. The molecule has 2 N–H and O–H groups in total. The number of anilines is 2. The number of methoxy groups -OCH3 is 2. The Balaban J connectivity index is 1.54. The third-order valence-corrected chi connectivity index (χ3v) is 4.58. The molecular weight excluding hydrogens is 358 g/mol. The number of nitrogens with one attached hydrogen (secondary N) is 2. The summed E-state index contributed by atoms with van der Waals surface area (Å²) in [5, 5.41) is 6.07. The molecule has 2 aromatic rings. The lowest BCUT2D eigenvalue weighted by atomic mass is 10.2. The fourth-order valence-corrected chi connectivity index (χ4v) is 3.13. The van der Waals surface area contributed by atoms with Crippen molar-refractivity contribution in [2.45, 2.75) is 19.8 Å². The largest absolute Gasteiger partial charge is 0.497 e. The standard InChI is InChI=1S/C20H27N5O3/c1-14-10-18(25-8-4-5-9-25)24-20(23-14)22-7-6-21-19(26)15-11-16(27-2)13-17(12-15)28-3/h10-13H,4-9H2,1-3H3,(H,21,26)(H,22,23,24). The summed E-state index contributed by atoms with van der Waals surface area (Å²) in [4.78, 5) is 23.7. The molecule has 0 aliphatic carbocycles. The zero-order valence-corrected chi connectivity index (χ0v) is 16.6. The summed E-state index contributed by atoms with van der Waals surface area (Å²) < 4.78 is 10.4. The van der Waals surface area contributed by atoms with Crippen LogP contribution in [-0.4, -0.2) is 56.3 Å². The number of hydrogen-bond donors (Lipinski definition) is 2. The Labute approximate surface area is 165 Å². The molecule has 1 aromatic heterocycles. The van der Waals surface area contributed by atoms with Crippen LogP contribution < -0.4 is 25.0 Å². The number of aromatic nitrogens is 2. The van der Waals surface area contributed by atoms with Crippen LogP contribution in [0.1, 0.15) is 28.9 Å². The molecule has 1 saturated heterocycles. The molecule has 3 rings (SSSR count). The minimum Gasteiger partial charge on any atom is -0.497 e. The van der Waals surface area contributed by atoms with Crippen molar-refractivity contribution in [3.05, 3.63) is 35.5 Å². The fraction of sp³-hybridized carbons (Fsp3) is 0.450. The van der Waals surface area contributed by atoms with Gasteiger partial charge in [0.15, 0.2) is 0 Å². The average molecular weight is 385 g/mol. The van der Waals surface area contributed by atoms with Gasteiger partial charge in [-0.25, -0.2) is 4.98 Å². The first-order valence-corrected chi connectivity index (χ1v) is 9.45. The van der Waals surface area contributed by atoms with Crippen molar-refractivity contribution in [1.82, 2.24) is 15.3 Å². The van der Waals surface area contributed by atoms with Crippen molar-refractivity contribution < 1.29 is 14.3 Å². The Morgan fingerprint density at radius 3 is 2.36 bits per heavy atom. The highest BCUT2D eigenvalue weighted by Gasteiger charge is 2.15. The molecule has 0 saturated carbocycles. The SMILES string of the molecule is COc1cc(OC)cc(C(=O)NCCNc2nc(C)cc(N3CCCC3)n2)c1. The molecule has 8 nitrogen and oxygen atoms in total. The first kappa shape index (κ1) is 19.7. The van der Waals surface area contributed by atoms with Gasteiger partial charge in [0.1, 0.15) is 17.3 Å². The molecule has 1 amide bonds. The predicted molar refractivity (Wildman–Crippen MR) is 109 cm³/mol. The maximum absolute atomic E-state index is 12.4. The lowest BCUT2D eigenvalue weighted by Gasteiger charge is -2.17. The number of ether oxygens (including phenoxy) is 2. The number of amides is 1. The van der Waals surface area contributed by atoms with Crippen LogP contribution in [0.5, 0.6) is 11.5 Å². The van der Waals surface area contributed by atoms with E-state index in [0.717, 1.165) is 24.6 Å². The maximum atomic E-state index is 12.4. The highest BCUT2D eigenvalue weighted by atomic mass is 16.5. The van der Waals surface area contributed by atoms with Crippen LogP contribution >= 0.6 is 0 Å². The number of nitrogens with zero attached hydrogens (tertiary/aromatic N) is 3. The molecule has 1 aromatic carbocycles. The second-order valence-electron chi connectivity index (χ2n) is 6.67. The van der Waals surface area contributed by atoms with Crippen LogP contribution in [0.2, 0.25) is 0 Å². The first-order chi connectivity index (χ1) is 13.6. The smallest absolute Gasteiger partial charge is 0.251 e. The summed E-state index contributed by atoms with van der Waals surface area (Å²) in [6.07, 6.45) is 2.40. The topological polar surface area (TPSA) is 88.6 Å². The zero-order chi connectivity index (χ0) is 19.9. The van der Waals surface area contributed by atoms with Gasteiger partial charge in [0.05, 0.1) is 14.2 Å². The van der Waals surface area contributed by atoms with Gasteiger partial charge < -0.3 is 25.0 Å². The van der Waals surface area contributed by atoms with E-state index < -0.39 is 0 Å². The Kier molecular flexibility index (Phi) is 6.52. The van der Waals surface area contributed by atoms with E-state index in [9.17, 15) is 4.79 Å². The molecule has 150 valence electrons. The van der Waals surface area contributed by atoms with Crippen molar-refractivity contribution in [3.63, 3.8) is 0 Å². The van der Waals surface area contributed by atoms with Gasteiger partial charge in [-0.3, -0.25) is 4.79 Å². The van der Waals surface area contributed by atoms with Gasteiger partial charge in [0, 0.05) is 49.6 Å². The van der Waals surface area contributed by atoms with Gasteiger partial charge in [0.25, 0.3) is 5.91 Å². The number of carbonyl (C=O) groups excluding carboxylic acids is 1. The Morgan fingerprint density at radius 1 is 1.04 bits per heavy atom. The average Bonchev–Trinajstić information content (AvgIpc) is 3.25. The van der Waals surface area contributed by atoms with Gasteiger partial charge in [-0.15, -0.1) is 0 Å². The number of benzene rings is 1. The van der Waals surface area contributed by atoms with Crippen molar-refractivity contribution in [3.8, 4) is 11.5 Å². The van der Waals surface area contributed by atoms with Crippen molar-refractivity contribution >= 4 is 17.7 Å². The van der Waals surface area contributed by atoms with Gasteiger partial charge in [-0.2, -0.15) is 4.98 Å². The van der Waals surface area contributed by atoms with Crippen LogP contribution in [0, 0.1) is 6.92 Å². The molecule has 8 heteroatoms. The van der Waals surface area contributed by atoms with E-state index in [1.54, 1.807) is 32.4 Å². The molecule has 1 aliphatic heterocycles. The van der Waals surface area contributed by atoms with Crippen molar-refractivity contribution in [2.75, 3.05) is 50.6 Å². The molecule has 1 fully saturated rings. The fourth-order valence-electron chi connectivity index (χ4n) is 3.13. The summed E-state index contributed by atoms with van der Waals surface area (Å²) in [5.74, 6) is 2.50. The Bertz CT molecular complexity index is 799. The molecule has 0 spiro atoms. The predicted octanol–water partition coefficient (Wildman–Crippen LogP) is 2.24. The molecule has 0 unspecified atom stereocenters. The molecule has 2 heterocycles. The van der Waals surface area contributed by atoms with E-state index in [1.165, 1.54) is 12.8 Å². The number of carbonyl (C=O) groups is 1. The number of hydrogen-bond acceptors (Lipinski definition) is 7. The normalized spacial score (nSPS) is 13.3. The first-order valence-electron chi connectivity index (χ1n) is 9.45. The van der Waals surface area contributed by atoms with Gasteiger partial charge in [-0.05, 0) is 31.9 Å². The summed E-state index contributed by atoms with van der Waals surface area (Å²) in [5.41, 5.74) is 1.41. The van der Waals surface area contributed by atoms with Crippen molar-refractivity contribution in [2.24, 2.45) is 0 Å². The van der Waals surface area contributed by atoms with Crippen LogP contribution in [0.25, 0.3) is 0 Å². The van der Waals surface area contributed by atoms with Crippen LogP contribution in [0.4, 0.5) is 11.8 Å². The molecule has 28 heavy (non-hydrogen) atoms. The summed E-state index contributed by atoms with van der Waals surface area (Å²) in [6.45, 7) is 5.00. The minimum atomic E-state index is -0.193. The van der Waals surface area contributed by atoms with Crippen molar-refractivity contribution in [1.29, 1.82) is 0 Å². The van der Waals surface area contributed by atoms with E-state index in [0.29, 0.717) is 36.1 Å². The van der Waals surface area contributed by atoms with Crippen LogP contribution in [0.15, 0.2) is 24.3 Å². The third-order valence-electron chi connectivity index (χ3n) is 4.58. The highest BCUT2D eigenvalue weighted by Crippen LogP contribution is 2.22. The zero-order valence-electron chi connectivity index (χ0n) is 16.6. The molecule has 0 bridgehead atoms. The molecule has 0 radical (unpaired) electrons. The van der Waals surface area contributed by atoms with E-state index in [-0.39, 0.29) is 5.91 Å². The Morgan fingerprint density at radius 2 is 1.71 bits per heavy atom. The summed E-state index contributed by atoms with van der Waals surface area (Å²) in [6, 6.07) is 7.09. The van der Waals surface area contributed by atoms with Gasteiger partial charge in [0.2, 0.25) is 5.95 Å². The number of aryl methyl sites for hydroxylation is 1. The van der Waals surface area contributed by atoms with E-state index in [1.807, 2.05) is 13.0 Å². The van der Waals surface area contributed by atoms with Crippen LogP contribution in [0.3, 0.4) is 0 Å². The van der Waals surface area contributed by atoms with E-state index in [2.05, 4.69) is 25.5 Å².